The molecule has 36 heavy (non-hydrogen) atoms. The Hall–Kier alpha value is -2.08. The largest absolute Gasteiger partial charge is 0.458 e. The van der Waals surface area contributed by atoms with Crippen LogP contribution in [-0.2, 0) is 28.5 Å². The molecule has 0 radical (unpaired) electrons. The third kappa shape index (κ3) is 11.3. The highest BCUT2D eigenvalue weighted by Gasteiger charge is 2.45. The zero-order chi connectivity index (χ0) is 28.1. The molecule has 0 bridgehead atoms. The number of carbonyl (C=O) groups excluding carboxylic acids is 3. The van der Waals surface area contributed by atoms with E-state index in [1.807, 2.05) is 13.8 Å². The fraction of sp³-hybridized carbons (Fsp3) is 0.875. The fourth-order valence-corrected chi connectivity index (χ4v) is 3.38. The van der Waals surface area contributed by atoms with Crippen LogP contribution < -0.4 is 0 Å². The Morgan fingerprint density at radius 3 is 1.92 bits per heavy atom. The summed E-state index contributed by atoms with van der Waals surface area (Å²) in [5.74, 6) is -2.25. The first-order chi connectivity index (χ1) is 16.2. The zero-order valence-corrected chi connectivity index (χ0v) is 22.6. The number of alkyl halides is 3. The molecule has 1 aliphatic rings. The maximum absolute atomic E-state index is 13.3. The summed E-state index contributed by atoms with van der Waals surface area (Å²) in [5.41, 5.74) is -2.05. The number of hydrogen-bond acceptors (Lipinski definition) is 8. The number of amides is 2. The van der Waals surface area contributed by atoms with Gasteiger partial charge in [-0.25, -0.2) is 14.4 Å². The van der Waals surface area contributed by atoms with Crippen molar-refractivity contribution in [3.05, 3.63) is 0 Å². The van der Waals surface area contributed by atoms with Crippen LogP contribution in [0.5, 0.6) is 0 Å². The van der Waals surface area contributed by atoms with E-state index in [9.17, 15) is 27.6 Å². The number of cyclic esters (lactones) is 1. The molecule has 1 saturated heterocycles. The molecule has 1 heterocycles. The van der Waals surface area contributed by atoms with Gasteiger partial charge in [-0.05, 0) is 54.4 Å². The van der Waals surface area contributed by atoms with Crippen LogP contribution in [0, 0.1) is 11.8 Å². The van der Waals surface area contributed by atoms with Gasteiger partial charge in [-0.2, -0.15) is 18.1 Å². The van der Waals surface area contributed by atoms with Gasteiger partial charge in [0, 0.05) is 12.5 Å². The Balaban J connectivity index is 3.36. The van der Waals surface area contributed by atoms with Crippen molar-refractivity contribution in [2.24, 2.45) is 11.8 Å². The lowest BCUT2D eigenvalue weighted by molar-refractivity contribution is -0.178. The normalized spacial score (nSPS) is 24.3. The second-order valence-corrected chi connectivity index (χ2v) is 11.3. The molecular formula is C24H40F3NO8. The number of imide groups is 1. The highest BCUT2D eigenvalue weighted by Crippen LogP contribution is 2.31. The quantitative estimate of drug-likeness (QED) is 0.360. The van der Waals surface area contributed by atoms with Gasteiger partial charge in [0.1, 0.15) is 17.3 Å². The van der Waals surface area contributed by atoms with Crippen molar-refractivity contribution in [3.8, 4) is 0 Å². The van der Waals surface area contributed by atoms with Gasteiger partial charge in [-0.3, -0.25) is 0 Å². The molecule has 12 heteroatoms. The Labute approximate surface area is 210 Å². The molecule has 0 spiro atoms. The smallest absolute Gasteiger partial charge is 0.420 e. The lowest BCUT2D eigenvalue weighted by atomic mass is 9.95. The number of carbonyl (C=O) groups is 3. The van der Waals surface area contributed by atoms with Gasteiger partial charge in [0.2, 0.25) is 0 Å². The standard InChI is InChI=1S/C24H40F3NO8/c1-14(2)11-33-18-15(3)34-19(29)17(13-32-12-16(18)10-24(25,26)27)28(20(30)35-22(4,5)6)21(31)36-23(7,8)9/h14-18H,10-13H2,1-9H3. The van der Waals surface area contributed by atoms with Gasteiger partial charge < -0.3 is 23.7 Å². The molecule has 2 amide bonds. The molecule has 0 aromatic carbocycles. The van der Waals surface area contributed by atoms with Crippen LogP contribution in [0.4, 0.5) is 22.8 Å². The van der Waals surface area contributed by atoms with Gasteiger partial charge in [-0.15, -0.1) is 0 Å². The van der Waals surface area contributed by atoms with E-state index >= 15 is 0 Å². The third-order valence-electron chi connectivity index (χ3n) is 4.72. The second kappa shape index (κ2) is 12.4. The molecule has 0 aliphatic carbocycles. The summed E-state index contributed by atoms with van der Waals surface area (Å²) in [6.45, 7) is 13.5. The number of halogens is 3. The molecule has 0 saturated carbocycles. The van der Waals surface area contributed by atoms with E-state index < -0.39 is 79.3 Å². The molecule has 0 aromatic rings. The molecular weight excluding hydrogens is 487 g/mol. The lowest BCUT2D eigenvalue weighted by Crippen LogP contribution is -2.54. The number of ether oxygens (including phenoxy) is 5. The third-order valence-corrected chi connectivity index (χ3v) is 4.72. The highest BCUT2D eigenvalue weighted by molar-refractivity contribution is 5.94. The first kappa shape index (κ1) is 31.9. The van der Waals surface area contributed by atoms with Crippen LogP contribution in [-0.4, -0.2) is 78.5 Å². The van der Waals surface area contributed by atoms with Crippen LogP contribution in [0.2, 0.25) is 0 Å². The molecule has 1 fully saturated rings. The van der Waals surface area contributed by atoms with Gasteiger partial charge >= 0.3 is 24.3 Å². The number of nitrogens with zero attached hydrogens (tertiary/aromatic N) is 1. The molecule has 210 valence electrons. The summed E-state index contributed by atoms with van der Waals surface area (Å²) < 4.78 is 67.2. The first-order valence-corrected chi connectivity index (χ1v) is 11.9. The molecule has 0 aromatic heterocycles. The van der Waals surface area contributed by atoms with E-state index in [0.717, 1.165) is 0 Å². The van der Waals surface area contributed by atoms with Crippen molar-refractivity contribution < 1.29 is 51.2 Å². The molecule has 4 atom stereocenters. The zero-order valence-electron chi connectivity index (χ0n) is 22.6. The predicted octanol–water partition coefficient (Wildman–Crippen LogP) is 5.10. The second-order valence-electron chi connectivity index (χ2n) is 11.3. The minimum absolute atomic E-state index is 0.00978. The van der Waals surface area contributed by atoms with E-state index in [1.54, 1.807) is 41.5 Å². The molecule has 1 aliphatic heterocycles. The molecule has 9 nitrogen and oxygen atoms in total. The summed E-state index contributed by atoms with van der Waals surface area (Å²) in [7, 11) is 0. The first-order valence-electron chi connectivity index (χ1n) is 11.9. The van der Waals surface area contributed by atoms with Crippen molar-refractivity contribution in [1.29, 1.82) is 0 Å². The average Bonchev–Trinajstić information content (AvgIpc) is 2.66. The minimum atomic E-state index is -4.52. The Morgan fingerprint density at radius 1 is 1.00 bits per heavy atom. The minimum Gasteiger partial charge on any atom is -0.458 e. The SMILES string of the molecule is CC(C)COC1C(CC(F)(F)F)COCC(N(C(=O)OC(C)(C)C)C(=O)OC(C)(C)C)C(=O)OC1C. The monoisotopic (exact) mass is 527 g/mol. The Morgan fingerprint density at radius 2 is 1.50 bits per heavy atom. The van der Waals surface area contributed by atoms with Crippen molar-refractivity contribution in [3.63, 3.8) is 0 Å². The van der Waals surface area contributed by atoms with E-state index in [0.29, 0.717) is 4.90 Å². The fourth-order valence-electron chi connectivity index (χ4n) is 3.38. The Bertz CT molecular complexity index is 730. The van der Waals surface area contributed by atoms with E-state index in [4.69, 9.17) is 23.7 Å². The molecule has 4 unspecified atom stereocenters. The maximum atomic E-state index is 13.3. The van der Waals surface area contributed by atoms with Crippen molar-refractivity contribution in [2.45, 2.75) is 104 Å². The molecule has 0 N–H and O–H groups in total. The number of hydrogen-bond donors (Lipinski definition) is 0. The van der Waals surface area contributed by atoms with Crippen molar-refractivity contribution >= 4 is 18.2 Å². The van der Waals surface area contributed by atoms with Gasteiger partial charge in [0.05, 0.1) is 25.7 Å². The topological polar surface area (TPSA) is 101 Å². The lowest BCUT2D eigenvalue weighted by Gasteiger charge is -2.33. The van der Waals surface area contributed by atoms with Crippen LogP contribution in [0.3, 0.4) is 0 Å². The van der Waals surface area contributed by atoms with E-state index in [-0.39, 0.29) is 12.5 Å². The van der Waals surface area contributed by atoms with Gasteiger partial charge in [0.25, 0.3) is 0 Å². The van der Waals surface area contributed by atoms with Crippen LogP contribution >= 0.6 is 0 Å². The summed E-state index contributed by atoms with van der Waals surface area (Å²) in [4.78, 5) is 39.5. The number of rotatable bonds is 5. The summed E-state index contributed by atoms with van der Waals surface area (Å²) >= 11 is 0. The van der Waals surface area contributed by atoms with E-state index in [1.165, 1.54) is 6.92 Å². The number of esters is 1. The average molecular weight is 528 g/mol. The maximum Gasteiger partial charge on any atom is 0.420 e. The van der Waals surface area contributed by atoms with Crippen LogP contribution in [0.15, 0.2) is 0 Å². The van der Waals surface area contributed by atoms with Crippen molar-refractivity contribution in [2.75, 3.05) is 19.8 Å². The van der Waals surface area contributed by atoms with Crippen molar-refractivity contribution in [1.82, 2.24) is 4.90 Å². The van der Waals surface area contributed by atoms with Crippen LogP contribution in [0.25, 0.3) is 0 Å². The highest BCUT2D eigenvalue weighted by atomic mass is 19.4. The molecule has 1 rings (SSSR count). The Kier molecular flexibility index (Phi) is 11.0. The van der Waals surface area contributed by atoms with Crippen LogP contribution in [0.1, 0.15) is 68.7 Å². The van der Waals surface area contributed by atoms with Gasteiger partial charge in [0.15, 0.2) is 6.04 Å². The van der Waals surface area contributed by atoms with Gasteiger partial charge in [-0.1, -0.05) is 13.8 Å². The summed E-state index contributed by atoms with van der Waals surface area (Å²) in [6.07, 6.45) is -10.4. The summed E-state index contributed by atoms with van der Waals surface area (Å²) in [6, 6.07) is -1.66. The van der Waals surface area contributed by atoms with E-state index in [2.05, 4.69) is 0 Å². The summed E-state index contributed by atoms with van der Waals surface area (Å²) in [5, 5.41) is 0. The predicted molar refractivity (Wildman–Crippen MR) is 123 cm³/mol.